The molecule has 1 aliphatic rings. The number of nitrogens with one attached hydrogen (secondary N) is 1. The fourth-order valence-electron chi connectivity index (χ4n) is 3.88. The van der Waals surface area contributed by atoms with E-state index in [0.717, 1.165) is 24.3 Å². The molecule has 188 valence electrons. The maximum absolute atomic E-state index is 14.5. The molecule has 4 rings (SSSR count). The summed E-state index contributed by atoms with van der Waals surface area (Å²) >= 11 is 24.2. The fraction of sp³-hybridized carbons (Fsp3) is 0.167. The third kappa shape index (κ3) is 4.75. The number of nitrogens with two attached hydrogens (primary N) is 1. The van der Waals surface area contributed by atoms with Gasteiger partial charge in [0, 0.05) is 23.6 Å². The number of carbonyl (C=O) groups is 2. The Bertz CT molecular complexity index is 1420. The van der Waals surface area contributed by atoms with Crippen molar-refractivity contribution in [3.8, 4) is 0 Å². The molecular formula is C24H14Cl4F4N2O2. The lowest BCUT2D eigenvalue weighted by atomic mass is 10.0. The lowest BCUT2D eigenvalue weighted by Gasteiger charge is -2.10. The number of anilines is 2. The van der Waals surface area contributed by atoms with Crippen molar-refractivity contribution in [3.05, 3.63) is 92.5 Å². The van der Waals surface area contributed by atoms with Crippen LogP contribution in [0.1, 0.15) is 27.4 Å². The Morgan fingerprint density at radius 2 is 1.61 bits per heavy atom. The van der Waals surface area contributed by atoms with Crippen LogP contribution in [-0.4, -0.2) is 16.0 Å². The van der Waals surface area contributed by atoms with E-state index in [9.17, 15) is 27.2 Å². The topological polar surface area (TPSA) is 72.2 Å². The van der Waals surface area contributed by atoms with Crippen LogP contribution in [-0.2, 0) is 11.2 Å². The number of amides is 1. The maximum Gasteiger partial charge on any atom is 0.231 e. The zero-order valence-electron chi connectivity index (χ0n) is 17.8. The average molecular weight is 580 g/mol. The van der Waals surface area contributed by atoms with E-state index in [2.05, 4.69) is 5.32 Å². The van der Waals surface area contributed by atoms with E-state index >= 15 is 0 Å². The van der Waals surface area contributed by atoms with Crippen molar-refractivity contribution in [2.45, 2.75) is 16.7 Å². The van der Waals surface area contributed by atoms with Crippen LogP contribution in [0, 0.1) is 29.2 Å². The average Bonchev–Trinajstić information content (AvgIpc) is 3.40. The third-order valence-electron chi connectivity index (χ3n) is 5.83. The molecule has 1 saturated carbocycles. The van der Waals surface area contributed by atoms with Gasteiger partial charge in [-0.15, -0.1) is 23.2 Å². The molecule has 3 aromatic rings. The lowest BCUT2D eigenvalue weighted by molar-refractivity contribution is -0.117. The van der Waals surface area contributed by atoms with E-state index in [-0.39, 0.29) is 27.4 Å². The molecule has 2 atom stereocenters. The smallest absolute Gasteiger partial charge is 0.231 e. The molecule has 0 spiro atoms. The molecule has 1 aliphatic carbocycles. The van der Waals surface area contributed by atoms with Crippen LogP contribution >= 0.6 is 46.4 Å². The second-order valence-electron chi connectivity index (χ2n) is 8.11. The highest BCUT2D eigenvalue weighted by Gasteiger charge is 2.68. The first-order chi connectivity index (χ1) is 16.8. The van der Waals surface area contributed by atoms with Crippen molar-refractivity contribution in [2.24, 2.45) is 5.92 Å². The predicted octanol–water partition coefficient (Wildman–Crippen LogP) is 7.08. The summed E-state index contributed by atoms with van der Waals surface area (Å²) in [5.41, 5.74) is 4.43. The number of hydrogen-bond acceptors (Lipinski definition) is 3. The molecule has 12 heteroatoms. The van der Waals surface area contributed by atoms with E-state index < -0.39 is 68.3 Å². The number of halogens is 8. The van der Waals surface area contributed by atoms with Crippen LogP contribution < -0.4 is 11.1 Å². The van der Waals surface area contributed by atoms with Crippen LogP contribution in [0.15, 0.2) is 42.5 Å². The van der Waals surface area contributed by atoms with Crippen LogP contribution in [0.4, 0.5) is 28.9 Å². The van der Waals surface area contributed by atoms with Crippen molar-refractivity contribution in [1.82, 2.24) is 0 Å². The predicted molar refractivity (Wildman–Crippen MR) is 131 cm³/mol. The number of rotatable bonds is 6. The highest BCUT2D eigenvalue weighted by molar-refractivity contribution is 6.53. The molecule has 3 N–H and O–H groups in total. The SMILES string of the molecule is Nc1c(F)ccc(CC(=O)c2cc(NC(=O)C3C(c4ccc(F)c(Cl)c4F)C3(Cl)Cl)ccc2Cl)c1F. The first-order valence-electron chi connectivity index (χ1n) is 10.2. The molecule has 0 bridgehead atoms. The molecule has 0 radical (unpaired) electrons. The summed E-state index contributed by atoms with van der Waals surface area (Å²) in [6.45, 7) is 0. The molecular weight excluding hydrogens is 566 g/mol. The first-order valence-corrected chi connectivity index (χ1v) is 11.7. The number of ketones is 1. The molecule has 4 nitrogen and oxygen atoms in total. The molecule has 36 heavy (non-hydrogen) atoms. The number of Topliss-reactive ketones (excluding diaryl/α,β-unsaturated/α-hetero) is 1. The summed E-state index contributed by atoms with van der Waals surface area (Å²) in [4.78, 5) is 25.7. The Balaban J connectivity index is 1.54. The Kier molecular flexibility index (Phi) is 7.18. The van der Waals surface area contributed by atoms with Crippen molar-refractivity contribution in [1.29, 1.82) is 0 Å². The van der Waals surface area contributed by atoms with E-state index in [1.54, 1.807) is 0 Å². The zero-order valence-corrected chi connectivity index (χ0v) is 20.8. The number of nitrogen functional groups attached to an aromatic ring is 1. The van der Waals surface area contributed by atoms with Gasteiger partial charge in [0.2, 0.25) is 5.91 Å². The first kappa shape index (κ1) is 26.5. The second-order valence-corrected chi connectivity index (χ2v) is 10.3. The number of alkyl halides is 2. The van der Waals surface area contributed by atoms with Gasteiger partial charge in [0.25, 0.3) is 0 Å². The zero-order chi connectivity index (χ0) is 26.5. The van der Waals surface area contributed by atoms with Gasteiger partial charge in [-0.05, 0) is 41.5 Å². The van der Waals surface area contributed by atoms with Crippen molar-refractivity contribution in [3.63, 3.8) is 0 Å². The Hall–Kier alpha value is -2.52. The molecule has 2 unspecified atom stereocenters. The van der Waals surface area contributed by atoms with Gasteiger partial charge >= 0.3 is 0 Å². The van der Waals surface area contributed by atoms with Crippen LogP contribution in [0.2, 0.25) is 10.0 Å². The van der Waals surface area contributed by atoms with Crippen LogP contribution in [0.5, 0.6) is 0 Å². The van der Waals surface area contributed by atoms with Gasteiger partial charge in [-0.1, -0.05) is 35.3 Å². The molecule has 0 saturated heterocycles. The summed E-state index contributed by atoms with van der Waals surface area (Å²) in [5, 5.41) is 1.80. The summed E-state index contributed by atoms with van der Waals surface area (Å²) in [6.07, 6.45) is -0.477. The minimum Gasteiger partial charge on any atom is -0.394 e. The molecule has 3 aromatic carbocycles. The number of benzene rings is 3. The largest absolute Gasteiger partial charge is 0.394 e. The molecule has 1 fully saturated rings. The van der Waals surface area contributed by atoms with Crippen molar-refractivity contribution < 1.29 is 27.2 Å². The van der Waals surface area contributed by atoms with E-state index in [4.69, 9.17) is 52.1 Å². The summed E-state index contributed by atoms with van der Waals surface area (Å²) < 4.78 is 53.9. The van der Waals surface area contributed by atoms with Gasteiger partial charge in [-0.3, -0.25) is 9.59 Å². The fourth-order valence-corrected chi connectivity index (χ4v) is 5.08. The van der Waals surface area contributed by atoms with Crippen molar-refractivity contribution in [2.75, 3.05) is 11.1 Å². The van der Waals surface area contributed by atoms with E-state index in [0.29, 0.717) is 0 Å². The van der Waals surface area contributed by atoms with Crippen molar-refractivity contribution >= 4 is 69.5 Å². The molecule has 0 aliphatic heterocycles. The second kappa shape index (κ2) is 9.74. The van der Waals surface area contributed by atoms with E-state index in [1.165, 1.54) is 18.2 Å². The minimum atomic E-state index is -1.70. The lowest BCUT2D eigenvalue weighted by Crippen LogP contribution is -2.17. The standard InChI is InChI=1S/C24H14Cl4F4N2O2/c25-13-4-2-10(8-12(13)16(35)7-9-1-5-15(30)22(33)20(9)31)34-23(36)18-17(24(18,27)28)11-3-6-14(29)19(26)21(11)32/h1-6,8,17-18H,7,33H2,(H,34,36). The molecule has 0 aromatic heterocycles. The Morgan fingerprint density at radius 1 is 0.944 bits per heavy atom. The summed E-state index contributed by atoms with van der Waals surface area (Å²) in [5.74, 6) is -7.53. The van der Waals surface area contributed by atoms with Gasteiger partial charge < -0.3 is 11.1 Å². The van der Waals surface area contributed by atoms with Gasteiger partial charge in [0.1, 0.15) is 32.5 Å². The van der Waals surface area contributed by atoms with Crippen LogP contribution in [0.25, 0.3) is 0 Å². The highest BCUT2D eigenvalue weighted by Crippen LogP contribution is 2.65. The Labute approximate surface area is 222 Å². The summed E-state index contributed by atoms with van der Waals surface area (Å²) in [6, 6.07) is 8.05. The van der Waals surface area contributed by atoms with Gasteiger partial charge in [0.05, 0.1) is 10.9 Å². The monoisotopic (exact) mass is 578 g/mol. The van der Waals surface area contributed by atoms with Gasteiger partial charge in [0.15, 0.2) is 11.6 Å². The number of hydrogen-bond donors (Lipinski definition) is 2. The maximum atomic E-state index is 14.5. The Morgan fingerprint density at radius 3 is 2.31 bits per heavy atom. The van der Waals surface area contributed by atoms with Gasteiger partial charge in [-0.25, -0.2) is 17.6 Å². The summed E-state index contributed by atoms with van der Waals surface area (Å²) in [7, 11) is 0. The molecule has 0 heterocycles. The normalized spacial score (nSPS) is 18.1. The van der Waals surface area contributed by atoms with Gasteiger partial charge in [-0.2, -0.15) is 0 Å². The quantitative estimate of drug-likeness (QED) is 0.108. The molecule has 1 amide bonds. The van der Waals surface area contributed by atoms with E-state index in [1.807, 2.05) is 0 Å². The van der Waals surface area contributed by atoms with Crippen LogP contribution in [0.3, 0.4) is 0 Å². The minimum absolute atomic E-state index is 0.0184. The number of carbonyl (C=O) groups excluding carboxylic acids is 2. The highest BCUT2D eigenvalue weighted by atomic mass is 35.5. The third-order valence-corrected chi connectivity index (χ3v) is 7.44.